The summed E-state index contributed by atoms with van der Waals surface area (Å²) in [6.45, 7) is 3.46. The molecule has 0 bridgehead atoms. The first-order valence-electron chi connectivity index (χ1n) is 4.50. The summed E-state index contributed by atoms with van der Waals surface area (Å²) in [4.78, 5) is 2.33. The molecule has 2 rings (SSSR count). The first kappa shape index (κ1) is 7.72. The average Bonchev–Trinajstić information content (AvgIpc) is 2.28. The van der Waals surface area contributed by atoms with Crippen LogP contribution in [0.5, 0.6) is 0 Å². The summed E-state index contributed by atoms with van der Waals surface area (Å²) < 4.78 is 0. The van der Waals surface area contributed by atoms with Crippen molar-refractivity contribution in [1.29, 1.82) is 0 Å². The van der Waals surface area contributed by atoms with Crippen molar-refractivity contribution in [2.45, 2.75) is 12.8 Å². The maximum absolute atomic E-state index is 2.33. The third kappa shape index (κ3) is 1.02. The lowest BCUT2D eigenvalue weighted by Crippen LogP contribution is -2.13. The van der Waals surface area contributed by atoms with Gasteiger partial charge in [-0.05, 0) is 11.6 Å². The van der Waals surface area contributed by atoms with Gasteiger partial charge in [0.25, 0.3) is 0 Å². The zero-order chi connectivity index (χ0) is 8.72. The molecule has 0 radical (unpaired) electrons. The number of hydrogen-bond donors (Lipinski definition) is 0. The molecule has 1 aliphatic rings. The van der Waals surface area contributed by atoms with Crippen LogP contribution in [0.3, 0.4) is 0 Å². The van der Waals surface area contributed by atoms with Crippen molar-refractivity contribution < 1.29 is 0 Å². The quantitative estimate of drug-likeness (QED) is 0.498. The van der Waals surface area contributed by atoms with Crippen LogP contribution in [0.25, 0.3) is 0 Å². The molecule has 0 amide bonds. The smallest absolute Gasteiger partial charge is 0.139 e. The molecule has 0 fully saturated rings. The SMILES string of the molecule is Bc1ccc2c(c1)C(C)CN2C. The molecule has 2 heteroatoms. The Bertz CT molecular complexity index is 309. The fourth-order valence-corrected chi connectivity index (χ4v) is 2.02. The third-order valence-corrected chi connectivity index (χ3v) is 2.67. The molecule has 0 saturated carbocycles. The van der Waals surface area contributed by atoms with Gasteiger partial charge in [-0.15, -0.1) is 0 Å². The Balaban J connectivity index is 2.53. The molecule has 0 saturated heterocycles. The van der Waals surface area contributed by atoms with Gasteiger partial charge in [0, 0.05) is 25.2 Å². The Labute approximate surface area is 74.8 Å². The van der Waals surface area contributed by atoms with E-state index in [-0.39, 0.29) is 0 Å². The van der Waals surface area contributed by atoms with E-state index in [0.29, 0.717) is 5.92 Å². The van der Waals surface area contributed by atoms with E-state index in [1.165, 1.54) is 23.3 Å². The fraction of sp³-hybridized carbons (Fsp3) is 0.400. The number of nitrogens with zero attached hydrogens (tertiary/aromatic N) is 1. The van der Waals surface area contributed by atoms with Gasteiger partial charge in [0.05, 0.1) is 0 Å². The molecule has 1 unspecified atom stereocenters. The van der Waals surface area contributed by atoms with Crippen molar-refractivity contribution in [1.82, 2.24) is 0 Å². The second-order valence-corrected chi connectivity index (χ2v) is 3.84. The van der Waals surface area contributed by atoms with Crippen LogP contribution in [0.15, 0.2) is 18.2 Å². The summed E-state index contributed by atoms with van der Waals surface area (Å²) >= 11 is 0. The normalized spacial score (nSPS) is 21.2. The largest absolute Gasteiger partial charge is 0.374 e. The highest BCUT2D eigenvalue weighted by atomic mass is 15.1. The van der Waals surface area contributed by atoms with Gasteiger partial charge in [0.1, 0.15) is 7.85 Å². The van der Waals surface area contributed by atoms with Gasteiger partial charge in [-0.2, -0.15) is 0 Å². The Hall–Kier alpha value is -0.915. The van der Waals surface area contributed by atoms with Gasteiger partial charge in [-0.3, -0.25) is 0 Å². The number of anilines is 1. The molecule has 0 N–H and O–H groups in total. The van der Waals surface area contributed by atoms with Crippen molar-refractivity contribution in [3.63, 3.8) is 0 Å². The standard InChI is InChI=1S/C10H14BN/c1-7-6-12(2)10-4-3-8(11)5-9(7)10/h3-5,7H,6,11H2,1-2H3. The van der Waals surface area contributed by atoms with Crippen LogP contribution in [0.2, 0.25) is 0 Å². The minimum absolute atomic E-state index is 0.699. The molecule has 1 atom stereocenters. The zero-order valence-electron chi connectivity index (χ0n) is 7.96. The number of hydrogen-bond acceptors (Lipinski definition) is 1. The lowest BCUT2D eigenvalue weighted by Gasteiger charge is -2.11. The molecule has 1 aromatic carbocycles. The number of fused-ring (bicyclic) bond motifs is 1. The highest BCUT2D eigenvalue weighted by molar-refractivity contribution is 6.32. The summed E-state index contributed by atoms with van der Waals surface area (Å²) in [6.07, 6.45) is 0. The van der Waals surface area contributed by atoms with Gasteiger partial charge in [-0.25, -0.2) is 0 Å². The van der Waals surface area contributed by atoms with Crippen LogP contribution in [0, 0.1) is 0 Å². The van der Waals surface area contributed by atoms with Gasteiger partial charge in [-0.1, -0.05) is 24.5 Å². The van der Waals surface area contributed by atoms with Crippen molar-refractivity contribution in [2.75, 3.05) is 18.5 Å². The maximum Gasteiger partial charge on any atom is 0.139 e. The van der Waals surface area contributed by atoms with Crippen LogP contribution in [0.4, 0.5) is 5.69 Å². The summed E-state index contributed by atoms with van der Waals surface area (Å²) in [5.74, 6) is 0.699. The Morgan fingerprint density at radius 1 is 1.50 bits per heavy atom. The molecular formula is C10H14BN. The predicted octanol–water partition coefficient (Wildman–Crippen LogP) is 0.498. The molecule has 0 aliphatic carbocycles. The average molecular weight is 159 g/mol. The van der Waals surface area contributed by atoms with E-state index in [0.717, 1.165) is 0 Å². The number of likely N-dealkylation sites (N-methyl/N-ethyl adjacent to an activating group) is 1. The summed E-state index contributed by atoms with van der Waals surface area (Å²) in [5.41, 5.74) is 4.29. The van der Waals surface area contributed by atoms with E-state index >= 15 is 0 Å². The Kier molecular flexibility index (Phi) is 1.64. The van der Waals surface area contributed by atoms with Gasteiger partial charge >= 0.3 is 0 Å². The molecule has 12 heavy (non-hydrogen) atoms. The van der Waals surface area contributed by atoms with Crippen molar-refractivity contribution in [2.24, 2.45) is 0 Å². The molecule has 1 aliphatic heterocycles. The first-order chi connectivity index (χ1) is 5.68. The van der Waals surface area contributed by atoms with E-state index < -0.39 is 0 Å². The number of benzene rings is 1. The van der Waals surface area contributed by atoms with Crippen LogP contribution >= 0.6 is 0 Å². The highest BCUT2D eigenvalue weighted by Gasteiger charge is 2.21. The molecule has 1 heterocycles. The number of rotatable bonds is 0. The van der Waals surface area contributed by atoms with E-state index in [4.69, 9.17) is 0 Å². The lowest BCUT2D eigenvalue weighted by atomic mass is 9.91. The second kappa shape index (κ2) is 2.54. The molecule has 0 spiro atoms. The Morgan fingerprint density at radius 2 is 2.25 bits per heavy atom. The van der Waals surface area contributed by atoms with Crippen LogP contribution in [-0.4, -0.2) is 21.4 Å². The van der Waals surface area contributed by atoms with Crippen molar-refractivity contribution >= 4 is 19.0 Å². The minimum Gasteiger partial charge on any atom is -0.374 e. The van der Waals surface area contributed by atoms with Gasteiger partial charge in [0.2, 0.25) is 0 Å². The minimum atomic E-state index is 0.699. The van der Waals surface area contributed by atoms with E-state index in [1.54, 1.807) is 0 Å². The maximum atomic E-state index is 2.33. The first-order valence-corrected chi connectivity index (χ1v) is 4.50. The zero-order valence-corrected chi connectivity index (χ0v) is 7.96. The van der Waals surface area contributed by atoms with Crippen molar-refractivity contribution in [3.8, 4) is 0 Å². The topological polar surface area (TPSA) is 3.24 Å². The van der Waals surface area contributed by atoms with Gasteiger partial charge in [0.15, 0.2) is 0 Å². The molecule has 0 aromatic heterocycles. The van der Waals surface area contributed by atoms with Crippen LogP contribution < -0.4 is 10.4 Å². The molecular weight excluding hydrogens is 145 g/mol. The van der Waals surface area contributed by atoms with E-state index in [1.807, 2.05) is 0 Å². The van der Waals surface area contributed by atoms with Crippen molar-refractivity contribution in [3.05, 3.63) is 23.8 Å². The third-order valence-electron chi connectivity index (χ3n) is 2.67. The molecule has 62 valence electrons. The van der Waals surface area contributed by atoms with Crippen LogP contribution in [-0.2, 0) is 0 Å². The Morgan fingerprint density at radius 3 is 3.00 bits per heavy atom. The monoisotopic (exact) mass is 159 g/mol. The molecule has 1 aromatic rings. The lowest BCUT2D eigenvalue weighted by molar-refractivity contribution is 0.797. The summed E-state index contributed by atoms with van der Waals surface area (Å²) in [7, 11) is 4.32. The van der Waals surface area contributed by atoms with Crippen LogP contribution in [0.1, 0.15) is 18.4 Å². The van der Waals surface area contributed by atoms with E-state index in [2.05, 4.69) is 44.9 Å². The second-order valence-electron chi connectivity index (χ2n) is 3.84. The van der Waals surface area contributed by atoms with Gasteiger partial charge < -0.3 is 4.90 Å². The summed E-state index contributed by atoms with van der Waals surface area (Å²) in [6, 6.07) is 6.73. The summed E-state index contributed by atoms with van der Waals surface area (Å²) in [5, 5.41) is 0. The predicted molar refractivity (Wildman–Crippen MR) is 56.3 cm³/mol. The highest BCUT2D eigenvalue weighted by Crippen LogP contribution is 2.33. The molecule has 1 nitrogen and oxygen atoms in total. The van der Waals surface area contributed by atoms with E-state index in [9.17, 15) is 0 Å². The fourth-order valence-electron chi connectivity index (χ4n) is 2.02.